The van der Waals surface area contributed by atoms with Crippen LogP contribution >= 0.6 is 0 Å². The summed E-state index contributed by atoms with van der Waals surface area (Å²) in [6.07, 6.45) is 0. The van der Waals surface area contributed by atoms with Crippen molar-refractivity contribution in [2.24, 2.45) is 0 Å². The first-order valence-corrected chi connectivity index (χ1v) is 2.47. The predicted octanol–water partition coefficient (Wildman–Crippen LogP) is 0.307. The predicted molar refractivity (Wildman–Crippen MR) is 31.9 cm³/mol. The molecule has 0 atom stereocenters. The van der Waals surface area contributed by atoms with Crippen LogP contribution in [0.15, 0.2) is 6.07 Å². The first kappa shape index (κ1) is 9.91. The van der Waals surface area contributed by atoms with Crippen molar-refractivity contribution in [1.82, 2.24) is 0 Å². The van der Waals surface area contributed by atoms with E-state index in [9.17, 15) is 0 Å². The normalized spacial score (nSPS) is 8.73. The van der Waals surface area contributed by atoms with E-state index in [1.165, 1.54) is 0 Å². The van der Waals surface area contributed by atoms with Crippen molar-refractivity contribution in [1.29, 1.82) is 0 Å². The van der Waals surface area contributed by atoms with Gasteiger partial charge in [0.1, 0.15) is 0 Å². The van der Waals surface area contributed by atoms with E-state index in [1.807, 2.05) is 0 Å². The van der Waals surface area contributed by atoms with Crippen LogP contribution in [0.5, 0.6) is 23.0 Å². The number of phenols is 4. The third kappa shape index (κ3) is 1.68. The summed E-state index contributed by atoms with van der Waals surface area (Å²) in [5.74, 6) is -2.61. The molecule has 4 nitrogen and oxygen atoms in total. The van der Waals surface area contributed by atoms with E-state index >= 15 is 0 Å². The quantitative estimate of drug-likeness (QED) is 0.210. The second-order valence-corrected chi connectivity index (χ2v) is 1.72. The molecule has 0 aromatic heterocycles. The van der Waals surface area contributed by atoms with Crippen LogP contribution in [0.4, 0.5) is 0 Å². The second-order valence-electron chi connectivity index (χ2n) is 1.72. The second kappa shape index (κ2) is 3.35. The molecule has 0 spiro atoms. The van der Waals surface area contributed by atoms with Crippen molar-refractivity contribution in [2.45, 2.75) is 0 Å². The molecule has 1 aromatic carbocycles. The largest absolute Gasteiger partial charge is 0.562 e. The van der Waals surface area contributed by atoms with Crippen LogP contribution in [-0.4, -0.2) is 20.4 Å². The summed E-state index contributed by atoms with van der Waals surface area (Å²) < 4.78 is 0. The zero-order valence-electron chi connectivity index (χ0n) is 5.18. The Bertz CT molecular complexity index is 234. The van der Waals surface area contributed by atoms with Crippen LogP contribution in [0.2, 0.25) is 0 Å². The molecule has 4 N–H and O–H groups in total. The molecule has 0 heterocycles. The summed E-state index contributed by atoms with van der Waals surface area (Å²) in [5.41, 5.74) is 0. The summed E-state index contributed by atoms with van der Waals surface area (Å²) in [6, 6.07) is 3.05. The Hall–Kier alpha value is -1.09. The summed E-state index contributed by atoms with van der Waals surface area (Å²) in [6.45, 7) is 0. The summed E-state index contributed by atoms with van der Waals surface area (Å²) in [5, 5.41) is 34.7. The molecule has 0 fully saturated rings. The number of hydrogen-bond donors (Lipinski definition) is 4. The van der Waals surface area contributed by atoms with Gasteiger partial charge >= 0.3 is 0 Å². The first-order chi connectivity index (χ1) is 4.63. The maximum Gasteiger partial charge on any atom is 0.0923 e. The number of benzene rings is 1. The fraction of sp³-hybridized carbons (Fsp3) is 0. The van der Waals surface area contributed by atoms with E-state index < -0.39 is 23.0 Å². The Kier molecular flexibility index (Phi) is 3.02. The zero-order valence-corrected chi connectivity index (χ0v) is 6.17. The van der Waals surface area contributed by atoms with E-state index in [1.54, 1.807) is 0 Å². The van der Waals surface area contributed by atoms with Gasteiger partial charge in [0.05, 0.1) is 11.5 Å². The Labute approximate surface area is 72.7 Å². The fourth-order valence-electron chi connectivity index (χ4n) is 0.507. The molecule has 1 rings (SSSR count). The molecule has 0 aliphatic carbocycles. The monoisotopic (exact) mass is 199 g/mol. The molecular formula is C6H5NiO4-. The maximum atomic E-state index is 8.71. The zero-order chi connectivity index (χ0) is 7.72. The van der Waals surface area contributed by atoms with Gasteiger partial charge in [0.15, 0.2) is 0 Å². The molecule has 0 aliphatic heterocycles. The van der Waals surface area contributed by atoms with E-state index in [0.29, 0.717) is 0 Å². The van der Waals surface area contributed by atoms with Crippen molar-refractivity contribution >= 4 is 0 Å². The first-order valence-electron chi connectivity index (χ1n) is 2.47. The van der Waals surface area contributed by atoms with Gasteiger partial charge in [0, 0.05) is 28.0 Å². The number of hydrogen-bond acceptors (Lipinski definition) is 4. The number of phenolic OH excluding ortho intramolecular Hbond substituents is 4. The van der Waals surface area contributed by atoms with Gasteiger partial charge in [-0.25, -0.2) is 0 Å². The van der Waals surface area contributed by atoms with Crippen molar-refractivity contribution in [2.75, 3.05) is 0 Å². The third-order valence-corrected chi connectivity index (χ3v) is 1.04. The maximum absolute atomic E-state index is 8.71. The SMILES string of the molecule is Oc1[c-]cc(O)c(O)c1O.[Ni]. The van der Waals surface area contributed by atoms with Crippen molar-refractivity contribution in [3.8, 4) is 23.0 Å². The van der Waals surface area contributed by atoms with Gasteiger partial charge in [-0.15, -0.1) is 12.1 Å². The molecule has 1 aromatic rings. The number of aromatic hydroxyl groups is 4. The van der Waals surface area contributed by atoms with E-state index in [0.717, 1.165) is 6.07 Å². The molecule has 0 unspecified atom stereocenters. The Morgan fingerprint density at radius 3 is 2.00 bits per heavy atom. The molecule has 5 heteroatoms. The molecular weight excluding hydrogens is 195 g/mol. The van der Waals surface area contributed by atoms with Gasteiger partial charge in [-0.2, -0.15) is 0 Å². The van der Waals surface area contributed by atoms with Crippen LogP contribution in [0, 0.1) is 6.07 Å². The smallest absolute Gasteiger partial charge is 0.0923 e. The van der Waals surface area contributed by atoms with Gasteiger partial charge in [0.25, 0.3) is 0 Å². The standard InChI is InChI=1S/C6H5O4.Ni/c7-3-1-2-4(8)6(10)5(3)9;/h1,7-10H;/q-1;. The van der Waals surface area contributed by atoms with Crippen molar-refractivity contribution < 1.29 is 36.9 Å². The molecule has 0 saturated heterocycles. The van der Waals surface area contributed by atoms with Crippen LogP contribution in [0.1, 0.15) is 0 Å². The molecule has 0 aliphatic rings. The Morgan fingerprint density at radius 2 is 1.55 bits per heavy atom. The van der Waals surface area contributed by atoms with Crippen molar-refractivity contribution in [3.63, 3.8) is 0 Å². The van der Waals surface area contributed by atoms with E-state index in [4.69, 9.17) is 20.4 Å². The topological polar surface area (TPSA) is 80.9 Å². The van der Waals surface area contributed by atoms with Gasteiger partial charge < -0.3 is 20.4 Å². The van der Waals surface area contributed by atoms with Crippen LogP contribution in [-0.2, 0) is 16.5 Å². The summed E-state index contributed by atoms with van der Waals surface area (Å²) in [4.78, 5) is 0. The third-order valence-electron chi connectivity index (χ3n) is 1.04. The Morgan fingerprint density at radius 1 is 1.00 bits per heavy atom. The van der Waals surface area contributed by atoms with Gasteiger partial charge in [-0.05, 0) is 0 Å². The van der Waals surface area contributed by atoms with Gasteiger partial charge in [-0.3, -0.25) is 0 Å². The van der Waals surface area contributed by atoms with Gasteiger partial charge in [0.2, 0.25) is 0 Å². The fourth-order valence-corrected chi connectivity index (χ4v) is 0.507. The molecule has 0 amide bonds. The molecule has 0 radical (unpaired) electrons. The minimum absolute atomic E-state index is 0. The Balaban J connectivity index is 0.000001000. The minimum atomic E-state index is -0.764. The van der Waals surface area contributed by atoms with Gasteiger partial charge in [-0.1, -0.05) is 0 Å². The number of rotatable bonds is 0. The molecule has 0 saturated carbocycles. The van der Waals surface area contributed by atoms with E-state index in [-0.39, 0.29) is 16.5 Å². The molecule has 11 heavy (non-hydrogen) atoms. The van der Waals surface area contributed by atoms with Crippen LogP contribution < -0.4 is 0 Å². The van der Waals surface area contributed by atoms with Crippen LogP contribution in [0.3, 0.4) is 0 Å². The van der Waals surface area contributed by atoms with Crippen LogP contribution in [0.25, 0.3) is 0 Å². The average molecular weight is 200 g/mol. The average Bonchev–Trinajstić information content (AvgIpc) is 1.93. The molecule has 0 bridgehead atoms. The van der Waals surface area contributed by atoms with E-state index in [2.05, 4.69) is 6.07 Å². The van der Waals surface area contributed by atoms with Crippen molar-refractivity contribution in [3.05, 3.63) is 12.1 Å². The molecule has 64 valence electrons. The minimum Gasteiger partial charge on any atom is -0.562 e. The summed E-state index contributed by atoms with van der Waals surface area (Å²) in [7, 11) is 0. The summed E-state index contributed by atoms with van der Waals surface area (Å²) >= 11 is 0.